The Morgan fingerprint density at radius 3 is 2.56 bits per heavy atom. The molecule has 4 aliphatic carbocycles. The first-order valence-corrected chi connectivity index (χ1v) is 11.6. The van der Waals surface area contributed by atoms with E-state index in [1.165, 1.54) is 38.5 Å². The first-order valence-electron chi connectivity index (χ1n) is 11.6. The van der Waals surface area contributed by atoms with Crippen molar-refractivity contribution in [2.75, 3.05) is 0 Å². The molecule has 0 radical (unpaired) electrons. The Kier molecular flexibility index (Phi) is 4.87. The van der Waals surface area contributed by atoms with Crippen LogP contribution in [0.5, 0.6) is 0 Å². The van der Waals surface area contributed by atoms with E-state index < -0.39 is 5.60 Å². The zero-order valence-electron chi connectivity index (χ0n) is 18.3. The zero-order valence-corrected chi connectivity index (χ0v) is 18.3. The fraction of sp³-hybridized carbons (Fsp3) is 0.920. The van der Waals surface area contributed by atoms with E-state index in [1.54, 1.807) is 5.57 Å². The van der Waals surface area contributed by atoms with Crippen LogP contribution in [0.3, 0.4) is 0 Å². The predicted octanol–water partition coefficient (Wildman–Crippen LogP) is 5.72. The van der Waals surface area contributed by atoms with Gasteiger partial charge in [-0.2, -0.15) is 0 Å². The van der Waals surface area contributed by atoms with E-state index in [4.69, 9.17) is 0 Å². The van der Waals surface area contributed by atoms with Gasteiger partial charge in [-0.05, 0) is 112 Å². The summed E-state index contributed by atoms with van der Waals surface area (Å²) in [6.45, 7) is 11.5. The van der Waals surface area contributed by atoms with E-state index in [2.05, 4.69) is 26.8 Å². The predicted molar refractivity (Wildman–Crippen MR) is 111 cm³/mol. The van der Waals surface area contributed by atoms with E-state index in [9.17, 15) is 10.2 Å². The van der Waals surface area contributed by atoms with Gasteiger partial charge < -0.3 is 10.2 Å². The molecule has 3 saturated carbocycles. The lowest BCUT2D eigenvalue weighted by molar-refractivity contribution is -0.0626. The first kappa shape index (κ1) is 20.0. The van der Waals surface area contributed by atoms with Crippen LogP contribution in [-0.2, 0) is 0 Å². The molecular formula is C25H42O2. The third-order valence-corrected chi connectivity index (χ3v) is 9.66. The molecule has 0 saturated heterocycles. The molecule has 2 N–H and O–H groups in total. The molecule has 0 aromatic heterocycles. The number of rotatable bonds is 3. The standard InChI is InChI=1S/C25H42O2/c1-16(15-23(2,3)27)20-8-9-21-19-7-6-17-14-18(26)10-12-24(17,4)22(19)11-13-25(20,21)5/h6,16,18-22,26-27H,7-15H2,1-5H3/t16-,18+,19?,20-,21?,22?,24+,25-/m1/s1. The maximum absolute atomic E-state index is 10.4. The number of hydrogen-bond acceptors (Lipinski definition) is 2. The minimum atomic E-state index is -0.552. The fourth-order valence-electron chi connectivity index (χ4n) is 8.55. The SMILES string of the molecule is C[C@H](CC(C)(C)O)[C@H]1CCC2C3CC=C4C[C@@H](O)CC[C@]4(C)C3CC[C@@]21C. The van der Waals surface area contributed by atoms with Crippen LogP contribution in [0.4, 0.5) is 0 Å². The highest BCUT2D eigenvalue weighted by molar-refractivity contribution is 5.25. The molecule has 3 unspecified atom stereocenters. The van der Waals surface area contributed by atoms with Crippen molar-refractivity contribution >= 4 is 0 Å². The van der Waals surface area contributed by atoms with Gasteiger partial charge in [0.25, 0.3) is 0 Å². The lowest BCUT2D eigenvalue weighted by atomic mass is 9.47. The monoisotopic (exact) mass is 374 g/mol. The largest absolute Gasteiger partial charge is 0.393 e. The second kappa shape index (κ2) is 6.59. The molecule has 8 atom stereocenters. The molecular weight excluding hydrogens is 332 g/mol. The van der Waals surface area contributed by atoms with Gasteiger partial charge in [-0.15, -0.1) is 0 Å². The molecule has 0 spiro atoms. The summed E-state index contributed by atoms with van der Waals surface area (Å²) in [6.07, 6.45) is 13.2. The molecule has 0 bridgehead atoms. The number of aliphatic hydroxyl groups is 2. The van der Waals surface area contributed by atoms with Crippen molar-refractivity contribution in [2.45, 2.75) is 104 Å². The minimum Gasteiger partial charge on any atom is -0.393 e. The van der Waals surface area contributed by atoms with Crippen LogP contribution in [0.1, 0.15) is 92.4 Å². The minimum absolute atomic E-state index is 0.103. The summed E-state index contributed by atoms with van der Waals surface area (Å²) in [7, 11) is 0. The van der Waals surface area contributed by atoms with Crippen molar-refractivity contribution in [1.82, 2.24) is 0 Å². The maximum Gasteiger partial charge on any atom is 0.0594 e. The topological polar surface area (TPSA) is 40.5 Å². The Morgan fingerprint density at radius 2 is 1.85 bits per heavy atom. The second-order valence-electron chi connectivity index (χ2n) is 11.9. The summed E-state index contributed by atoms with van der Waals surface area (Å²) in [5.74, 6) is 3.89. The molecule has 2 nitrogen and oxygen atoms in total. The van der Waals surface area contributed by atoms with Crippen LogP contribution in [0, 0.1) is 40.4 Å². The molecule has 4 aliphatic rings. The number of fused-ring (bicyclic) bond motifs is 5. The highest BCUT2D eigenvalue weighted by Gasteiger charge is 2.59. The molecule has 27 heavy (non-hydrogen) atoms. The van der Waals surface area contributed by atoms with Gasteiger partial charge in [0, 0.05) is 0 Å². The van der Waals surface area contributed by atoms with Gasteiger partial charge in [-0.25, -0.2) is 0 Å². The normalized spacial score (nSPS) is 48.3. The van der Waals surface area contributed by atoms with Gasteiger partial charge in [0.15, 0.2) is 0 Å². The summed E-state index contributed by atoms with van der Waals surface area (Å²) >= 11 is 0. The van der Waals surface area contributed by atoms with Crippen molar-refractivity contribution in [3.05, 3.63) is 11.6 Å². The van der Waals surface area contributed by atoms with Crippen LogP contribution in [0.15, 0.2) is 11.6 Å². The molecule has 3 fully saturated rings. The van der Waals surface area contributed by atoms with Gasteiger partial charge in [0.2, 0.25) is 0 Å². The number of aliphatic hydroxyl groups excluding tert-OH is 1. The quantitative estimate of drug-likeness (QED) is 0.620. The van der Waals surface area contributed by atoms with Crippen molar-refractivity contribution in [1.29, 1.82) is 0 Å². The molecule has 0 heterocycles. The fourth-order valence-corrected chi connectivity index (χ4v) is 8.55. The second-order valence-corrected chi connectivity index (χ2v) is 11.9. The summed E-state index contributed by atoms with van der Waals surface area (Å²) in [6, 6.07) is 0. The van der Waals surface area contributed by atoms with Crippen molar-refractivity contribution < 1.29 is 10.2 Å². The smallest absolute Gasteiger partial charge is 0.0594 e. The Bertz CT molecular complexity index is 602. The Hall–Kier alpha value is -0.340. The Morgan fingerprint density at radius 1 is 1.11 bits per heavy atom. The molecule has 0 aliphatic heterocycles. The van der Waals surface area contributed by atoms with Gasteiger partial charge in [-0.3, -0.25) is 0 Å². The summed E-state index contributed by atoms with van der Waals surface area (Å²) in [4.78, 5) is 0. The van der Waals surface area contributed by atoms with Gasteiger partial charge in [0.05, 0.1) is 11.7 Å². The average molecular weight is 375 g/mol. The average Bonchev–Trinajstić information content (AvgIpc) is 2.91. The van der Waals surface area contributed by atoms with Crippen molar-refractivity contribution in [3.63, 3.8) is 0 Å². The lowest BCUT2D eigenvalue weighted by Crippen LogP contribution is -2.51. The van der Waals surface area contributed by atoms with Gasteiger partial charge >= 0.3 is 0 Å². The summed E-state index contributed by atoms with van der Waals surface area (Å²) in [5.41, 5.74) is 1.84. The van der Waals surface area contributed by atoms with Crippen LogP contribution in [0.2, 0.25) is 0 Å². The molecule has 0 aromatic carbocycles. The highest BCUT2D eigenvalue weighted by Crippen LogP contribution is 2.67. The van der Waals surface area contributed by atoms with Gasteiger partial charge in [0.1, 0.15) is 0 Å². The molecule has 0 amide bonds. The number of allylic oxidation sites excluding steroid dienone is 1. The van der Waals surface area contributed by atoms with Crippen molar-refractivity contribution in [3.8, 4) is 0 Å². The third-order valence-electron chi connectivity index (χ3n) is 9.66. The Labute approximate surface area is 166 Å². The molecule has 4 rings (SSSR count). The van der Waals surface area contributed by atoms with Crippen LogP contribution in [-0.4, -0.2) is 21.9 Å². The van der Waals surface area contributed by atoms with Crippen LogP contribution in [0.25, 0.3) is 0 Å². The van der Waals surface area contributed by atoms with E-state index in [-0.39, 0.29) is 6.10 Å². The van der Waals surface area contributed by atoms with E-state index in [0.29, 0.717) is 16.7 Å². The Balaban J connectivity index is 1.57. The highest BCUT2D eigenvalue weighted by atomic mass is 16.3. The van der Waals surface area contributed by atoms with Crippen LogP contribution < -0.4 is 0 Å². The van der Waals surface area contributed by atoms with E-state index in [1.807, 2.05) is 13.8 Å². The zero-order chi connectivity index (χ0) is 19.6. The van der Waals surface area contributed by atoms with Crippen LogP contribution >= 0.6 is 0 Å². The molecule has 2 heteroatoms. The number of hydrogen-bond donors (Lipinski definition) is 2. The maximum atomic E-state index is 10.4. The lowest BCUT2D eigenvalue weighted by Gasteiger charge is -2.58. The summed E-state index contributed by atoms with van der Waals surface area (Å²) < 4.78 is 0. The van der Waals surface area contributed by atoms with E-state index >= 15 is 0 Å². The molecule has 154 valence electrons. The van der Waals surface area contributed by atoms with E-state index in [0.717, 1.165) is 42.9 Å². The van der Waals surface area contributed by atoms with Crippen molar-refractivity contribution in [2.24, 2.45) is 40.4 Å². The first-order chi connectivity index (χ1) is 12.5. The van der Waals surface area contributed by atoms with Gasteiger partial charge in [-0.1, -0.05) is 32.4 Å². The summed E-state index contributed by atoms with van der Waals surface area (Å²) in [5, 5.41) is 20.5. The third kappa shape index (κ3) is 3.23. The molecule has 0 aromatic rings.